The summed E-state index contributed by atoms with van der Waals surface area (Å²) < 4.78 is 11.5. The molecule has 2 atom stereocenters. The second-order valence-electron chi connectivity index (χ2n) is 7.07. The molecule has 1 fully saturated rings. The molecular formula is C22H25ClN2O3. The minimum Gasteiger partial charge on any atom is -0.486 e. The summed E-state index contributed by atoms with van der Waals surface area (Å²) in [6.07, 6.45) is 3.16. The van der Waals surface area contributed by atoms with Gasteiger partial charge in [0, 0.05) is 6.04 Å². The zero-order valence-corrected chi connectivity index (χ0v) is 16.4. The zero-order valence-electron chi connectivity index (χ0n) is 15.6. The number of hydrogen-bond donors (Lipinski definition) is 2. The van der Waals surface area contributed by atoms with Gasteiger partial charge in [-0.1, -0.05) is 36.8 Å². The van der Waals surface area contributed by atoms with Gasteiger partial charge in [0.05, 0.1) is 0 Å². The van der Waals surface area contributed by atoms with Gasteiger partial charge in [-0.25, -0.2) is 0 Å². The first-order valence-corrected chi connectivity index (χ1v) is 9.44. The maximum Gasteiger partial charge on any atom is 0.287 e. The number of hydrogen-bond acceptors (Lipinski definition) is 4. The van der Waals surface area contributed by atoms with Gasteiger partial charge >= 0.3 is 0 Å². The molecule has 0 spiro atoms. The lowest BCUT2D eigenvalue weighted by Gasteiger charge is -2.18. The van der Waals surface area contributed by atoms with E-state index in [1.165, 1.54) is 5.39 Å². The molecule has 0 saturated heterocycles. The smallest absolute Gasteiger partial charge is 0.287 e. The second kappa shape index (κ2) is 9.13. The summed E-state index contributed by atoms with van der Waals surface area (Å²) in [6.45, 7) is 0.883. The van der Waals surface area contributed by atoms with E-state index < -0.39 is 0 Å². The summed E-state index contributed by atoms with van der Waals surface area (Å²) in [4.78, 5) is 12.4. The van der Waals surface area contributed by atoms with Gasteiger partial charge in [-0.05, 0) is 60.3 Å². The maximum absolute atomic E-state index is 12.4. The van der Waals surface area contributed by atoms with E-state index in [9.17, 15) is 4.79 Å². The molecule has 5 nitrogen and oxygen atoms in total. The molecule has 3 N–H and O–H groups in total. The van der Waals surface area contributed by atoms with E-state index in [0.29, 0.717) is 24.0 Å². The Bertz CT molecular complexity index is 940. The lowest BCUT2D eigenvalue weighted by Crippen LogP contribution is -2.39. The molecule has 148 valence electrons. The van der Waals surface area contributed by atoms with Gasteiger partial charge in [-0.15, -0.1) is 12.4 Å². The van der Waals surface area contributed by atoms with Crippen molar-refractivity contribution >= 4 is 29.1 Å². The van der Waals surface area contributed by atoms with Crippen LogP contribution in [0.5, 0.6) is 5.75 Å². The average molecular weight is 401 g/mol. The van der Waals surface area contributed by atoms with Crippen molar-refractivity contribution in [2.24, 2.45) is 11.7 Å². The van der Waals surface area contributed by atoms with Crippen molar-refractivity contribution in [3.05, 3.63) is 66.1 Å². The van der Waals surface area contributed by atoms with Crippen molar-refractivity contribution < 1.29 is 13.9 Å². The van der Waals surface area contributed by atoms with Gasteiger partial charge in [0.2, 0.25) is 0 Å². The molecule has 1 aliphatic carbocycles. The van der Waals surface area contributed by atoms with E-state index >= 15 is 0 Å². The summed E-state index contributed by atoms with van der Waals surface area (Å²) in [7, 11) is 0. The first kappa shape index (κ1) is 20.2. The number of carbonyl (C=O) groups is 1. The van der Waals surface area contributed by atoms with E-state index in [1.54, 1.807) is 12.1 Å². The third kappa shape index (κ3) is 4.49. The summed E-state index contributed by atoms with van der Waals surface area (Å²) >= 11 is 0. The van der Waals surface area contributed by atoms with E-state index in [2.05, 4.69) is 17.4 Å². The van der Waals surface area contributed by atoms with E-state index in [1.807, 2.05) is 30.3 Å². The predicted molar refractivity (Wildman–Crippen MR) is 112 cm³/mol. The van der Waals surface area contributed by atoms with Gasteiger partial charge < -0.3 is 20.2 Å². The summed E-state index contributed by atoms with van der Waals surface area (Å²) in [5.41, 5.74) is 5.78. The van der Waals surface area contributed by atoms with Crippen molar-refractivity contribution in [3.63, 3.8) is 0 Å². The molecule has 1 aromatic heterocycles. The van der Waals surface area contributed by atoms with E-state index in [-0.39, 0.29) is 31.0 Å². The molecule has 2 unspecified atom stereocenters. The van der Waals surface area contributed by atoms with Crippen LogP contribution in [0.25, 0.3) is 10.8 Å². The number of carbonyl (C=O) groups excluding carboxylic acids is 1. The standard InChI is InChI=1S/C22H24N2O3.ClH/c23-13-17-6-3-7-20(17)24-22(25)21-11-10-19(27-21)14-26-18-9-8-15-4-1-2-5-16(15)12-18;/h1-2,4-5,8-12,17,20H,3,6-7,13-14,23H2,(H,24,25);1H. The average Bonchev–Trinajstić information content (AvgIpc) is 3.35. The first-order valence-electron chi connectivity index (χ1n) is 9.44. The van der Waals surface area contributed by atoms with E-state index in [0.717, 1.165) is 30.4 Å². The molecule has 6 heteroatoms. The molecule has 1 amide bonds. The Balaban J connectivity index is 0.00000225. The SMILES string of the molecule is Cl.NCC1CCCC1NC(=O)c1ccc(COc2ccc3ccccc3c2)o1. The number of nitrogens with one attached hydrogen (secondary N) is 1. The first-order chi connectivity index (χ1) is 13.2. The molecule has 0 radical (unpaired) electrons. The third-order valence-electron chi connectivity index (χ3n) is 5.27. The van der Waals surface area contributed by atoms with Gasteiger partial charge in [0.15, 0.2) is 5.76 Å². The molecule has 2 aromatic carbocycles. The lowest BCUT2D eigenvalue weighted by molar-refractivity contribution is 0.0896. The number of amides is 1. The lowest BCUT2D eigenvalue weighted by atomic mass is 10.0. The fourth-order valence-electron chi connectivity index (χ4n) is 3.74. The maximum atomic E-state index is 12.4. The van der Waals surface area contributed by atoms with Crippen LogP contribution in [0.2, 0.25) is 0 Å². The molecule has 1 heterocycles. The number of nitrogens with two attached hydrogens (primary N) is 1. The quantitative estimate of drug-likeness (QED) is 0.647. The summed E-state index contributed by atoms with van der Waals surface area (Å²) in [5.74, 6) is 1.88. The monoisotopic (exact) mass is 400 g/mol. The number of ether oxygens (including phenoxy) is 1. The molecule has 4 rings (SSSR count). The second-order valence-corrected chi connectivity index (χ2v) is 7.07. The van der Waals surface area contributed by atoms with Crippen LogP contribution in [0.1, 0.15) is 35.6 Å². The molecule has 3 aromatic rings. The number of furan rings is 1. The van der Waals surface area contributed by atoms with Gasteiger partial charge in [-0.2, -0.15) is 0 Å². The molecular weight excluding hydrogens is 376 g/mol. The molecule has 1 aliphatic rings. The summed E-state index contributed by atoms with van der Waals surface area (Å²) in [5, 5.41) is 5.35. The van der Waals surface area contributed by atoms with Crippen LogP contribution < -0.4 is 15.8 Å². The highest BCUT2D eigenvalue weighted by Crippen LogP contribution is 2.25. The number of halogens is 1. The highest BCUT2D eigenvalue weighted by atomic mass is 35.5. The van der Waals surface area contributed by atoms with Gasteiger partial charge in [0.25, 0.3) is 5.91 Å². The van der Waals surface area contributed by atoms with Crippen LogP contribution in [0, 0.1) is 5.92 Å². The Morgan fingerprint density at radius 1 is 1.11 bits per heavy atom. The molecule has 0 bridgehead atoms. The van der Waals surface area contributed by atoms with E-state index in [4.69, 9.17) is 14.9 Å². The number of fused-ring (bicyclic) bond motifs is 1. The fourth-order valence-corrected chi connectivity index (χ4v) is 3.74. The Morgan fingerprint density at radius 2 is 1.93 bits per heavy atom. The third-order valence-corrected chi connectivity index (χ3v) is 5.27. The normalized spacial score (nSPS) is 18.6. The fraction of sp³-hybridized carbons (Fsp3) is 0.318. The summed E-state index contributed by atoms with van der Waals surface area (Å²) in [6, 6.07) is 17.7. The van der Waals surface area contributed by atoms with Crippen LogP contribution >= 0.6 is 12.4 Å². The number of benzene rings is 2. The Morgan fingerprint density at radius 3 is 2.75 bits per heavy atom. The molecule has 0 aliphatic heterocycles. The zero-order chi connectivity index (χ0) is 18.6. The predicted octanol–water partition coefficient (Wildman–Crippen LogP) is 4.29. The van der Waals surface area contributed by atoms with Crippen LogP contribution in [0.3, 0.4) is 0 Å². The van der Waals surface area contributed by atoms with Crippen LogP contribution in [0.4, 0.5) is 0 Å². The Labute approximate surface area is 170 Å². The Hall–Kier alpha value is -2.50. The molecule has 1 saturated carbocycles. The van der Waals surface area contributed by atoms with Gasteiger partial charge in [-0.3, -0.25) is 4.79 Å². The Kier molecular flexibility index (Phi) is 6.60. The minimum atomic E-state index is -0.183. The minimum absolute atomic E-state index is 0. The van der Waals surface area contributed by atoms with Crippen molar-refractivity contribution in [2.75, 3.05) is 6.54 Å². The molecule has 28 heavy (non-hydrogen) atoms. The van der Waals surface area contributed by atoms with Crippen molar-refractivity contribution in [1.29, 1.82) is 0 Å². The van der Waals surface area contributed by atoms with Crippen LogP contribution in [-0.4, -0.2) is 18.5 Å². The topological polar surface area (TPSA) is 77.5 Å². The highest BCUT2D eigenvalue weighted by molar-refractivity contribution is 5.91. The van der Waals surface area contributed by atoms with Crippen molar-refractivity contribution in [2.45, 2.75) is 31.9 Å². The van der Waals surface area contributed by atoms with Crippen LogP contribution in [0.15, 0.2) is 59.0 Å². The van der Waals surface area contributed by atoms with Crippen molar-refractivity contribution in [1.82, 2.24) is 5.32 Å². The number of rotatable bonds is 6. The largest absolute Gasteiger partial charge is 0.486 e. The van der Waals surface area contributed by atoms with Gasteiger partial charge in [0.1, 0.15) is 18.1 Å². The van der Waals surface area contributed by atoms with Crippen LogP contribution in [-0.2, 0) is 6.61 Å². The van der Waals surface area contributed by atoms with Crippen molar-refractivity contribution in [3.8, 4) is 5.75 Å². The highest BCUT2D eigenvalue weighted by Gasteiger charge is 2.28.